The summed E-state index contributed by atoms with van der Waals surface area (Å²) in [6.45, 7) is 2.55. The maximum absolute atomic E-state index is 12.9. The smallest absolute Gasteiger partial charge is 0.220 e. The largest absolute Gasteiger partial charge is 0.394 e. The van der Waals surface area contributed by atoms with Crippen molar-refractivity contribution in [2.45, 2.75) is 177 Å². The Hall–Kier alpha value is -1.53. The zero-order chi connectivity index (χ0) is 36.9. The van der Waals surface area contributed by atoms with Gasteiger partial charge in [0, 0.05) is 6.42 Å². The van der Waals surface area contributed by atoms with Gasteiger partial charge in [-0.2, -0.15) is 0 Å². The Morgan fingerprint density at radius 1 is 0.700 bits per heavy atom. The minimum Gasteiger partial charge on any atom is -0.394 e. The van der Waals surface area contributed by atoms with Crippen molar-refractivity contribution in [3.8, 4) is 0 Å². The van der Waals surface area contributed by atoms with Crippen molar-refractivity contribution in [2.75, 3.05) is 19.8 Å². The van der Waals surface area contributed by atoms with Crippen LogP contribution in [0.4, 0.5) is 0 Å². The first-order valence-corrected chi connectivity index (χ1v) is 18.6. The molecule has 1 amide bonds. The summed E-state index contributed by atoms with van der Waals surface area (Å²) in [5.41, 5.74) is 0. The minimum absolute atomic E-state index is 0.262. The number of aliphatic hydroxyl groups excluding tert-OH is 8. The Kier molecular flexibility index (Phi) is 22.7. The molecule has 0 aromatic heterocycles. The van der Waals surface area contributed by atoms with E-state index in [1.54, 1.807) is 6.08 Å². The third-order valence-electron chi connectivity index (χ3n) is 9.13. The highest BCUT2D eigenvalue weighted by Gasteiger charge is 2.50. The molecule has 0 bridgehead atoms. The van der Waals surface area contributed by atoms with Gasteiger partial charge in [0.25, 0.3) is 0 Å². The molecule has 2 heterocycles. The Morgan fingerprint density at radius 3 is 1.96 bits per heavy atom. The monoisotopic (exact) mass is 719 g/mol. The van der Waals surface area contributed by atoms with Gasteiger partial charge in [-0.3, -0.25) is 4.79 Å². The van der Waals surface area contributed by atoms with Gasteiger partial charge in [-0.15, -0.1) is 0 Å². The molecule has 0 aliphatic carbocycles. The Bertz CT molecular complexity index is 951. The molecule has 2 fully saturated rings. The van der Waals surface area contributed by atoms with Crippen LogP contribution in [0.2, 0.25) is 0 Å². The predicted octanol–water partition coefficient (Wildman–Crippen LogP) is 1.09. The van der Waals surface area contributed by atoms with E-state index >= 15 is 0 Å². The van der Waals surface area contributed by atoms with E-state index in [9.17, 15) is 45.6 Å². The van der Waals surface area contributed by atoms with Crippen molar-refractivity contribution in [1.29, 1.82) is 0 Å². The number of hydrogen-bond acceptors (Lipinski definition) is 13. The zero-order valence-electron chi connectivity index (χ0n) is 29.9. The number of carbonyl (C=O) groups is 1. The van der Waals surface area contributed by atoms with Gasteiger partial charge in [-0.1, -0.05) is 83.1 Å². The highest BCUT2D eigenvalue weighted by atomic mass is 16.7. The summed E-state index contributed by atoms with van der Waals surface area (Å²) in [5.74, 6) is -0.262. The van der Waals surface area contributed by atoms with E-state index in [1.165, 1.54) is 12.8 Å². The third kappa shape index (κ3) is 15.2. The first kappa shape index (κ1) is 44.6. The summed E-state index contributed by atoms with van der Waals surface area (Å²) in [6, 6.07) is -0.909. The number of amides is 1. The van der Waals surface area contributed by atoms with E-state index in [1.807, 2.05) is 6.08 Å². The molecule has 14 heteroatoms. The fourth-order valence-corrected chi connectivity index (χ4v) is 5.91. The van der Waals surface area contributed by atoms with Crippen molar-refractivity contribution >= 4 is 5.91 Å². The molecule has 2 saturated heterocycles. The highest BCUT2D eigenvalue weighted by Crippen LogP contribution is 2.29. The van der Waals surface area contributed by atoms with Crippen LogP contribution in [0.15, 0.2) is 24.3 Å². The van der Waals surface area contributed by atoms with Crippen LogP contribution in [0.25, 0.3) is 0 Å². The molecule has 0 saturated carbocycles. The maximum atomic E-state index is 12.9. The first-order valence-electron chi connectivity index (χ1n) is 18.6. The lowest BCUT2D eigenvalue weighted by Crippen LogP contribution is -2.65. The lowest BCUT2D eigenvalue weighted by Gasteiger charge is -2.46. The second-order valence-corrected chi connectivity index (χ2v) is 13.3. The van der Waals surface area contributed by atoms with Crippen LogP contribution in [-0.2, 0) is 23.7 Å². The van der Waals surface area contributed by atoms with Crippen LogP contribution in [0.3, 0.4) is 0 Å². The SMILES string of the molecule is CCCC/C=C\CCCCCCCC(=O)NC(COC1OC(CO)C(OC2OC(CO)C(O)C(O)C2O)C(O)C1O)C(O)/C=C/CCCCC. The molecule has 50 heavy (non-hydrogen) atoms. The highest BCUT2D eigenvalue weighted by molar-refractivity contribution is 5.76. The maximum Gasteiger partial charge on any atom is 0.220 e. The normalized spacial score (nSPS) is 31.7. The summed E-state index contributed by atoms with van der Waals surface area (Å²) >= 11 is 0. The molecule has 0 aromatic carbocycles. The number of nitrogens with one attached hydrogen (secondary N) is 1. The van der Waals surface area contributed by atoms with Crippen LogP contribution < -0.4 is 5.32 Å². The van der Waals surface area contributed by atoms with Gasteiger partial charge in [0.15, 0.2) is 12.6 Å². The quantitative estimate of drug-likeness (QED) is 0.0476. The number of ether oxygens (including phenoxy) is 4. The summed E-state index contributed by atoms with van der Waals surface area (Å²) in [7, 11) is 0. The van der Waals surface area contributed by atoms with Crippen LogP contribution >= 0.6 is 0 Å². The summed E-state index contributed by atoms with van der Waals surface area (Å²) in [4.78, 5) is 12.9. The van der Waals surface area contributed by atoms with Crippen LogP contribution in [0.5, 0.6) is 0 Å². The number of hydrogen-bond donors (Lipinski definition) is 9. The van der Waals surface area contributed by atoms with Gasteiger partial charge in [-0.05, 0) is 38.5 Å². The molecule has 14 nitrogen and oxygen atoms in total. The first-order chi connectivity index (χ1) is 24.1. The van der Waals surface area contributed by atoms with Crippen molar-refractivity contribution < 1.29 is 64.6 Å². The second-order valence-electron chi connectivity index (χ2n) is 13.3. The van der Waals surface area contributed by atoms with Gasteiger partial charge in [0.1, 0.15) is 48.8 Å². The standard InChI is InChI=1S/C36H65NO13/c1-3-5-7-9-10-11-12-13-14-16-18-20-28(41)37-24(25(40)19-17-15-8-6-4-2)23-47-35-33(46)31(44)34(27(22-39)49-35)50-36-32(45)30(43)29(42)26(21-38)48-36/h9-10,17,19,24-27,29-36,38-40,42-46H,3-8,11-16,18,20-23H2,1-2H3,(H,37,41)/b10-9-,19-17+. The fraction of sp³-hybridized carbons (Fsp3) is 0.861. The molecule has 0 spiro atoms. The Labute approximate surface area is 297 Å². The lowest BCUT2D eigenvalue weighted by atomic mass is 9.97. The Morgan fingerprint density at radius 2 is 1.28 bits per heavy atom. The molecule has 12 unspecified atom stereocenters. The average molecular weight is 720 g/mol. The molecular weight excluding hydrogens is 654 g/mol. The Balaban J connectivity index is 1.95. The molecule has 2 aliphatic heterocycles. The molecule has 292 valence electrons. The van der Waals surface area contributed by atoms with E-state index < -0.39 is 86.8 Å². The third-order valence-corrected chi connectivity index (χ3v) is 9.13. The summed E-state index contributed by atoms with van der Waals surface area (Å²) < 4.78 is 22.4. The molecular formula is C36H65NO13. The van der Waals surface area contributed by atoms with E-state index in [2.05, 4.69) is 31.3 Å². The molecule has 0 aromatic rings. The van der Waals surface area contributed by atoms with Gasteiger partial charge in [-0.25, -0.2) is 0 Å². The zero-order valence-corrected chi connectivity index (χ0v) is 29.9. The number of carbonyl (C=O) groups excluding carboxylic acids is 1. The van der Waals surface area contributed by atoms with E-state index in [4.69, 9.17) is 18.9 Å². The van der Waals surface area contributed by atoms with E-state index in [0.717, 1.165) is 64.2 Å². The number of unbranched alkanes of at least 4 members (excludes halogenated alkanes) is 10. The molecule has 0 radical (unpaired) electrons. The van der Waals surface area contributed by atoms with E-state index in [0.29, 0.717) is 6.42 Å². The van der Waals surface area contributed by atoms with Crippen LogP contribution in [0.1, 0.15) is 104 Å². The predicted molar refractivity (Wildman–Crippen MR) is 185 cm³/mol. The van der Waals surface area contributed by atoms with E-state index in [-0.39, 0.29) is 18.9 Å². The van der Waals surface area contributed by atoms with Gasteiger partial charge >= 0.3 is 0 Å². The van der Waals surface area contributed by atoms with Crippen LogP contribution in [0, 0.1) is 0 Å². The summed E-state index contributed by atoms with van der Waals surface area (Å²) in [5, 5.41) is 85.5. The lowest BCUT2D eigenvalue weighted by molar-refractivity contribution is -0.359. The van der Waals surface area contributed by atoms with Crippen molar-refractivity contribution in [3.63, 3.8) is 0 Å². The van der Waals surface area contributed by atoms with Crippen LogP contribution in [-0.4, -0.2) is 140 Å². The van der Waals surface area contributed by atoms with Crippen molar-refractivity contribution in [1.82, 2.24) is 5.32 Å². The average Bonchev–Trinajstić information content (AvgIpc) is 3.11. The van der Waals surface area contributed by atoms with Gasteiger partial charge in [0.05, 0.1) is 32.0 Å². The topological polar surface area (TPSA) is 228 Å². The van der Waals surface area contributed by atoms with Crippen molar-refractivity contribution in [3.05, 3.63) is 24.3 Å². The minimum atomic E-state index is -1.78. The number of allylic oxidation sites excluding steroid dienone is 3. The number of aliphatic hydroxyl groups is 8. The second kappa shape index (κ2) is 25.4. The molecule has 2 rings (SSSR count). The van der Waals surface area contributed by atoms with Gasteiger partial charge < -0.3 is 65.1 Å². The number of rotatable bonds is 25. The molecule has 2 aliphatic rings. The van der Waals surface area contributed by atoms with Gasteiger partial charge in [0.2, 0.25) is 5.91 Å². The van der Waals surface area contributed by atoms with Crippen molar-refractivity contribution in [2.24, 2.45) is 0 Å². The molecule has 12 atom stereocenters. The summed E-state index contributed by atoms with van der Waals surface area (Å²) in [6.07, 6.45) is 4.48. The molecule has 9 N–H and O–H groups in total. The fourth-order valence-electron chi connectivity index (χ4n) is 5.91.